The number of carbonyl (C=O) groups is 2. The molecular formula is C17H18N2O4S. The van der Waals surface area contributed by atoms with Crippen molar-refractivity contribution in [2.24, 2.45) is 0 Å². The van der Waals surface area contributed by atoms with Gasteiger partial charge in [-0.3, -0.25) is 9.59 Å². The van der Waals surface area contributed by atoms with Crippen LogP contribution in [-0.4, -0.2) is 27.2 Å². The van der Waals surface area contributed by atoms with Crippen molar-refractivity contribution in [1.82, 2.24) is 4.72 Å². The van der Waals surface area contributed by atoms with Gasteiger partial charge in [0.05, 0.1) is 4.90 Å². The van der Waals surface area contributed by atoms with Gasteiger partial charge in [0.15, 0.2) is 5.78 Å². The van der Waals surface area contributed by atoms with Gasteiger partial charge in [-0.25, -0.2) is 13.1 Å². The maximum absolute atomic E-state index is 11.9. The Kier molecular flexibility index (Phi) is 5.83. The van der Waals surface area contributed by atoms with Crippen molar-refractivity contribution < 1.29 is 18.0 Å². The van der Waals surface area contributed by atoms with Crippen LogP contribution in [0.25, 0.3) is 0 Å². The van der Waals surface area contributed by atoms with Crippen molar-refractivity contribution in [1.29, 1.82) is 0 Å². The number of rotatable bonds is 7. The van der Waals surface area contributed by atoms with Crippen LogP contribution in [0.1, 0.15) is 23.2 Å². The summed E-state index contributed by atoms with van der Waals surface area (Å²) in [6.45, 7) is 0. The van der Waals surface area contributed by atoms with Crippen LogP contribution in [0.3, 0.4) is 0 Å². The normalized spacial score (nSPS) is 11.0. The first kappa shape index (κ1) is 17.8. The number of ketones is 1. The highest BCUT2D eigenvalue weighted by Crippen LogP contribution is 2.14. The third-order valence-corrected chi connectivity index (χ3v) is 4.82. The van der Waals surface area contributed by atoms with E-state index in [4.69, 9.17) is 0 Å². The van der Waals surface area contributed by atoms with Crippen LogP contribution < -0.4 is 10.0 Å². The lowest BCUT2D eigenvalue weighted by atomic mass is 10.1. The van der Waals surface area contributed by atoms with Gasteiger partial charge in [-0.2, -0.15) is 0 Å². The van der Waals surface area contributed by atoms with E-state index in [-0.39, 0.29) is 29.4 Å². The van der Waals surface area contributed by atoms with Crippen LogP contribution in [0.15, 0.2) is 59.5 Å². The molecule has 24 heavy (non-hydrogen) atoms. The molecule has 0 aliphatic heterocycles. The van der Waals surface area contributed by atoms with Gasteiger partial charge in [-0.15, -0.1) is 0 Å². The molecule has 7 heteroatoms. The minimum Gasteiger partial charge on any atom is -0.326 e. The van der Waals surface area contributed by atoms with E-state index in [9.17, 15) is 18.0 Å². The van der Waals surface area contributed by atoms with Crippen molar-refractivity contribution in [3.63, 3.8) is 0 Å². The molecule has 0 saturated carbocycles. The summed E-state index contributed by atoms with van der Waals surface area (Å²) < 4.78 is 25.4. The summed E-state index contributed by atoms with van der Waals surface area (Å²) in [5.74, 6) is -0.398. The fraction of sp³-hybridized carbons (Fsp3) is 0.176. The highest BCUT2D eigenvalue weighted by molar-refractivity contribution is 7.89. The number of hydrogen-bond donors (Lipinski definition) is 2. The predicted octanol–water partition coefficient (Wildman–Crippen LogP) is 2.20. The molecule has 0 aromatic heterocycles. The Labute approximate surface area is 140 Å². The van der Waals surface area contributed by atoms with Crippen LogP contribution in [0.4, 0.5) is 5.69 Å². The maximum Gasteiger partial charge on any atom is 0.240 e. The molecule has 6 nitrogen and oxygen atoms in total. The lowest BCUT2D eigenvalue weighted by Gasteiger charge is -2.07. The Morgan fingerprint density at radius 1 is 0.917 bits per heavy atom. The second kappa shape index (κ2) is 7.85. The second-order valence-corrected chi connectivity index (χ2v) is 6.96. The molecule has 0 aliphatic carbocycles. The van der Waals surface area contributed by atoms with Crippen molar-refractivity contribution >= 4 is 27.4 Å². The van der Waals surface area contributed by atoms with E-state index in [2.05, 4.69) is 10.0 Å². The average Bonchev–Trinajstić information content (AvgIpc) is 2.61. The zero-order valence-electron chi connectivity index (χ0n) is 13.2. The van der Waals surface area contributed by atoms with E-state index in [1.165, 1.54) is 31.3 Å². The summed E-state index contributed by atoms with van der Waals surface area (Å²) in [6.07, 6.45) is 0.173. The third kappa shape index (κ3) is 4.74. The Morgan fingerprint density at radius 3 is 2.12 bits per heavy atom. The number of benzene rings is 2. The zero-order valence-corrected chi connectivity index (χ0v) is 14.0. The van der Waals surface area contributed by atoms with Crippen molar-refractivity contribution in [3.8, 4) is 0 Å². The topological polar surface area (TPSA) is 92.3 Å². The number of carbonyl (C=O) groups excluding carboxylic acids is 2. The molecule has 0 saturated heterocycles. The molecule has 126 valence electrons. The number of sulfonamides is 1. The fourth-order valence-electron chi connectivity index (χ4n) is 2.05. The Balaban J connectivity index is 1.90. The van der Waals surface area contributed by atoms with E-state index in [1.54, 1.807) is 24.3 Å². The molecule has 2 aromatic carbocycles. The van der Waals surface area contributed by atoms with Gasteiger partial charge in [0, 0.05) is 24.1 Å². The zero-order chi connectivity index (χ0) is 17.6. The Hall–Kier alpha value is -2.51. The van der Waals surface area contributed by atoms with Gasteiger partial charge in [-0.05, 0) is 31.3 Å². The van der Waals surface area contributed by atoms with E-state index < -0.39 is 10.0 Å². The van der Waals surface area contributed by atoms with Gasteiger partial charge < -0.3 is 5.32 Å². The number of anilines is 1. The molecule has 0 aliphatic rings. The molecule has 0 spiro atoms. The van der Waals surface area contributed by atoms with Crippen LogP contribution in [-0.2, 0) is 14.8 Å². The Bertz CT molecular complexity index is 815. The summed E-state index contributed by atoms with van der Waals surface area (Å²) in [7, 11) is -2.17. The first-order chi connectivity index (χ1) is 11.4. The summed E-state index contributed by atoms with van der Waals surface area (Å²) in [4.78, 5) is 23.9. The molecule has 1 amide bonds. The lowest BCUT2D eigenvalue weighted by Crippen LogP contribution is -2.18. The largest absolute Gasteiger partial charge is 0.326 e. The van der Waals surface area contributed by atoms with Gasteiger partial charge >= 0.3 is 0 Å². The summed E-state index contributed by atoms with van der Waals surface area (Å²) >= 11 is 0. The molecule has 0 heterocycles. The van der Waals surface area contributed by atoms with Crippen molar-refractivity contribution in [2.45, 2.75) is 17.7 Å². The highest BCUT2D eigenvalue weighted by Gasteiger charge is 2.12. The first-order valence-electron chi connectivity index (χ1n) is 7.34. The maximum atomic E-state index is 11.9. The van der Waals surface area contributed by atoms with Gasteiger partial charge in [0.1, 0.15) is 0 Å². The van der Waals surface area contributed by atoms with Crippen molar-refractivity contribution in [2.75, 3.05) is 12.4 Å². The predicted molar refractivity (Wildman–Crippen MR) is 91.3 cm³/mol. The smallest absolute Gasteiger partial charge is 0.240 e. The quantitative estimate of drug-likeness (QED) is 0.752. The van der Waals surface area contributed by atoms with Crippen LogP contribution in [0.2, 0.25) is 0 Å². The fourth-order valence-corrected chi connectivity index (χ4v) is 2.78. The number of hydrogen-bond acceptors (Lipinski definition) is 4. The minimum atomic E-state index is -3.50. The number of Topliss-reactive ketones (excluding diaryl/α,β-unsaturated/α-hetero) is 1. The van der Waals surface area contributed by atoms with Gasteiger partial charge in [-0.1, -0.05) is 30.3 Å². The number of nitrogens with one attached hydrogen (secondary N) is 2. The van der Waals surface area contributed by atoms with Gasteiger partial charge in [0.2, 0.25) is 15.9 Å². The molecule has 0 atom stereocenters. The Morgan fingerprint density at radius 2 is 1.54 bits per heavy atom. The molecule has 2 rings (SSSR count). The molecule has 0 fully saturated rings. The summed E-state index contributed by atoms with van der Waals surface area (Å²) in [5.41, 5.74) is 1.05. The summed E-state index contributed by atoms with van der Waals surface area (Å²) in [6, 6.07) is 14.6. The van der Waals surface area contributed by atoms with E-state index in [1.807, 2.05) is 6.07 Å². The number of amides is 1. The van der Waals surface area contributed by atoms with Crippen LogP contribution in [0, 0.1) is 0 Å². The van der Waals surface area contributed by atoms with Crippen LogP contribution >= 0.6 is 0 Å². The van der Waals surface area contributed by atoms with Crippen molar-refractivity contribution in [3.05, 3.63) is 60.2 Å². The molecule has 0 unspecified atom stereocenters. The second-order valence-electron chi connectivity index (χ2n) is 5.07. The molecule has 0 radical (unpaired) electrons. The molecule has 0 bridgehead atoms. The summed E-state index contributed by atoms with van der Waals surface area (Å²) in [5, 5.41) is 2.64. The standard InChI is InChI=1S/C17H18N2O4S/c1-18-24(22,23)15-9-7-14(8-10-15)19-17(21)12-11-16(20)13-5-3-2-4-6-13/h2-10,18H,11-12H2,1H3,(H,19,21). The monoisotopic (exact) mass is 346 g/mol. The minimum absolute atomic E-state index is 0.0598. The van der Waals surface area contributed by atoms with Crippen LogP contribution in [0.5, 0.6) is 0 Å². The SMILES string of the molecule is CNS(=O)(=O)c1ccc(NC(=O)CCC(=O)c2ccccc2)cc1. The lowest BCUT2D eigenvalue weighted by molar-refractivity contribution is -0.116. The van der Waals surface area contributed by atoms with Gasteiger partial charge in [0.25, 0.3) is 0 Å². The average molecular weight is 346 g/mol. The van der Waals surface area contributed by atoms with E-state index in [0.29, 0.717) is 11.3 Å². The molecule has 2 aromatic rings. The van der Waals surface area contributed by atoms with E-state index >= 15 is 0 Å². The van der Waals surface area contributed by atoms with E-state index in [0.717, 1.165) is 0 Å². The third-order valence-electron chi connectivity index (χ3n) is 3.39. The highest BCUT2D eigenvalue weighted by atomic mass is 32.2. The first-order valence-corrected chi connectivity index (χ1v) is 8.82. The molecule has 2 N–H and O–H groups in total. The molecular weight excluding hydrogens is 328 g/mol.